The van der Waals surface area contributed by atoms with Gasteiger partial charge in [-0.25, -0.2) is 4.79 Å². The number of ether oxygens (including phenoxy) is 2. The summed E-state index contributed by atoms with van der Waals surface area (Å²) in [6, 6.07) is -0.348. The normalized spacial score (nSPS) is 17.5. The maximum absolute atomic E-state index is 12.8. The predicted octanol–water partition coefficient (Wildman–Crippen LogP) is 11.9. The van der Waals surface area contributed by atoms with Crippen LogP contribution >= 0.6 is 0 Å². The zero-order valence-corrected chi connectivity index (χ0v) is 29.9. The van der Waals surface area contributed by atoms with Crippen LogP contribution in [0.3, 0.4) is 0 Å². The third-order valence-electron chi connectivity index (χ3n) is 9.16. The molecule has 1 saturated heterocycles. The van der Waals surface area contributed by atoms with Crippen molar-refractivity contribution < 1.29 is 19.4 Å². The van der Waals surface area contributed by atoms with Gasteiger partial charge in [-0.05, 0) is 41.0 Å². The van der Waals surface area contributed by atoms with Gasteiger partial charge in [0.25, 0.3) is 0 Å². The van der Waals surface area contributed by atoms with Crippen molar-refractivity contribution in [1.82, 2.24) is 4.90 Å². The van der Waals surface area contributed by atoms with Gasteiger partial charge in [-0.1, -0.05) is 167 Å². The molecule has 1 aliphatic heterocycles. The molecule has 0 aromatic carbocycles. The SMILES string of the molecule is CCCCCCCCCCCCCCCCCCCCCCCCCCC[C@@H](O)[C@@H]1COC(C)(C)N1C(=O)OC(C)(C)C. The highest BCUT2D eigenvalue weighted by atomic mass is 16.6. The Labute approximate surface area is 268 Å². The highest BCUT2D eigenvalue weighted by Crippen LogP contribution is 2.32. The second kappa shape index (κ2) is 24.4. The molecule has 1 aliphatic rings. The molecular weight excluding hydrogens is 534 g/mol. The topological polar surface area (TPSA) is 59.0 Å². The largest absolute Gasteiger partial charge is 0.444 e. The molecule has 1 rings (SSSR count). The molecule has 0 bridgehead atoms. The summed E-state index contributed by atoms with van der Waals surface area (Å²) in [5.41, 5.74) is -1.34. The molecule has 5 heteroatoms. The summed E-state index contributed by atoms with van der Waals surface area (Å²) >= 11 is 0. The minimum Gasteiger partial charge on any atom is -0.444 e. The van der Waals surface area contributed by atoms with E-state index in [0.717, 1.165) is 12.8 Å². The molecule has 0 radical (unpaired) electrons. The van der Waals surface area contributed by atoms with Crippen LogP contribution in [-0.4, -0.2) is 46.2 Å². The summed E-state index contributed by atoms with van der Waals surface area (Å²) < 4.78 is 11.4. The van der Waals surface area contributed by atoms with Crippen LogP contribution in [0.4, 0.5) is 4.79 Å². The summed E-state index contributed by atoms with van der Waals surface area (Å²) in [5, 5.41) is 10.9. The highest BCUT2D eigenvalue weighted by molar-refractivity contribution is 5.69. The molecule has 0 saturated carbocycles. The zero-order chi connectivity index (χ0) is 31.8. The summed E-state index contributed by atoms with van der Waals surface area (Å²) in [5.74, 6) is 0. The number of carbonyl (C=O) groups is 1. The van der Waals surface area contributed by atoms with Crippen molar-refractivity contribution in [2.24, 2.45) is 0 Å². The first-order valence-corrected chi connectivity index (χ1v) is 18.9. The molecule has 1 fully saturated rings. The van der Waals surface area contributed by atoms with Gasteiger partial charge in [-0.3, -0.25) is 4.90 Å². The van der Waals surface area contributed by atoms with Crippen LogP contribution in [0, 0.1) is 0 Å². The second-order valence-corrected chi connectivity index (χ2v) is 15.0. The van der Waals surface area contributed by atoms with E-state index >= 15 is 0 Å². The second-order valence-electron chi connectivity index (χ2n) is 15.0. The Morgan fingerprint density at radius 2 is 1.02 bits per heavy atom. The Morgan fingerprint density at radius 1 is 0.698 bits per heavy atom. The summed E-state index contributed by atoms with van der Waals surface area (Å²) in [4.78, 5) is 14.4. The lowest BCUT2D eigenvalue weighted by Gasteiger charge is -2.36. The molecule has 0 aromatic rings. The molecule has 0 spiro atoms. The van der Waals surface area contributed by atoms with E-state index in [-0.39, 0.29) is 6.04 Å². The molecule has 0 aromatic heterocycles. The van der Waals surface area contributed by atoms with E-state index in [2.05, 4.69) is 6.92 Å². The van der Waals surface area contributed by atoms with Gasteiger partial charge in [0.1, 0.15) is 11.3 Å². The lowest BCUT2D eigenvalue weighted by Crippen LogP contribution is -2.53. The van der Waals surface area contributed by atoms with E-state index in [4.69, 9.17) is 9.47 Å². The Balaban J connectivity index is 1.88. The van der Waals surface area contributed by atoms with Crippen LogP contribution in [0.2, 0.25) is 0 Å². The van der Waals surface area contributed by atoms with Crippen molar-refractivity contribution in [2.75, 3.05) is 6.61 Å². The Morgan fingerprint density at radius 3 is 1.35 bits per heavy atom. The van der Waals surface area contributed by atoms with Gasteiger partial charge >= 0.3 is 6.09 Å². The van der Waals surface area contributed by atoms with Gasteiger partial charge in [-0.2, -0.15) is 0 Å². The van der Waals surface area contributed by atoms with Crippen LogP contribution in [0.1, 0.15) is 208 Å². The lowest BCUT2D eigenvalue weighted by atomic mass is 10.0. The average molecular weight is 610 g/mol. The molecule has 5 nitrogen and oxygen atoms in total. The average Bonchev–Trinajstić information content (AvgIpc) is 3.27. The molecule has 256 valence electrons. The lowest BCUT2D eigenvalue weighted by molar-refractivity contribution is -0.0681. The van der Waals surface area contributed by atoms with E-state index in [1.807, 2.05) is 34.6 Å². The number of nitrogens with zero attached hydrogens (tertiary/aromatic N) is 1. The van der Waals surface area contributed by atoms with Gasteiger partial charge < -0.3 is 14.6 Å². The van der Waals surface area contributed by atoms with E-state index in [1.54, 1.807) is 4.90 Å². The van der Waals surface area contributed by atoms with Gasteiger partial charge in [-0.15, -0.1) is 0 Å². The number of aliphatic hydroxyl groups excluding tert-OH is 1. The zero-order valence-electron chi connectivity index (χ0n) is 29.9. The first kappa shape index (κ1) is 40.2. The molecule has 0 aliphatic carbocycles. The summed E-state index contributed by atoms with van der Waals surface area (Å²) in [6.07, 6.45) is 34.4. The molecular formula is C38H75NO4. The quantitative estimate of drug-likeness (QED) is 0.0941. The van der Waals surface area contributed by atoms with Gasteiger partial charge in [0.15, 0.2) is 0 Å². The Bertz CT molecular complexity index is 659. The molecule has 0 unspecified atom stereocenters. The van der Waals surface area contributed by atoms with E-state index in [0.29, 0.717) is 13.0 Å². The monoisotopic (exact) mass is 610 g/mol. The number of rotatable bonds is 27. The van der Waals surface area contributed by atoms with Gasteiger partial charge in [0.2, 0.25) is 0 Å². The van der Waals surface area contributed by atoms with Crippen molar-refractivity contribution in [3.63, 3.8) is 0 Å². The summed E-state index contributed by atoms with van der Waals surface area (Å²) in [7, 11) is 0. The Kier molecular flexibility index (Phi) is 22.8. The van der Waals surface area contributed by atoms with E-state index in [9.17, 15) is 9.90 Å². The van der Waals surface area contributed by atoms with Crippen molar-refractivity contribution in [2.45, 2.75) is 232 Å². The molecule has 1 heterocycles. The van der Waals surface area contributed by atoms with Gasteiger partial charge in [0, 0.05) is 0 Å². The smallest absolute Gasteiger partial charge is 0.412 e. The van der Waals surface area contributed by atoms with Crippen LogP contribution in [-0.2, 0) is 9.47 Å². The predicted molar refractivity (Wildman–Crippen MR) is 184 cm³/mol. The molecule has 43 heavy (non-hydrogen) atoms. The number of hydrogen-bond acceptors (Lipinski definition) is 4. The molecule has 1 amide bonds. The van der Waals surface area contributed by atoms with E-state index in [1.165, 1.54) is 148 Å². The van der Waals surface area contributed by atoms with E-state index < -0.39 is 23.5 Å². The van der Waals surface area contributed by atoms with Crippen LogP contribution in [0.5, 0.6) is 0 Å². The number of aliphatic hydroxyl groups is 1. The van der Waals surface area contributed by atoms with Crippen molar-refractivity contribution in [1.29, 1.82) is 0 Å². The van der Waals surface area contributed by atoms with Crippen molar-refractivity contribution in [3.8, 4) is 0 Å². The minimum absolute atomic E-state index is 0.348. The van der Waals surface area contributed by atoms with Crippen LogP contribution in [0.25, 0.3) is 0 Å². The fourth-order valence-corrected chi connectivity index (χ4v) is 6.47. The number of amides is 1. The van der Waals surface area contributed by atoms with Crippen LogP contribution < -0.4 is 0 Å². The first-order chi connectivity index (χ1) is 20.6. The number of carbonyl (C=O) groups excluding carboxylic acids is 1. The third-order valence-corrected chi connectivity index (χ3v) is 9.16. The standard InChI is InChI=1S/C38H75NO4/c1-7-8-9-10-11-12-13-14-15-16-17-18-19-20-21-22-23-24-25-26-27-28-29-30-31-32-35(40)34-33-42-38(5,6)39(34)36(41)43-37(2,3)4/h34-35,40H,7-33H2,1-6H3/t34-,35+/m0/s1. The van der Waals surface area contributed by atoms with Gasteiger partial charge in [0.05, 0.1) is 18.8 Å². The van der Waals surface area contributed by atoms with Crippen molar-refractivity contribution >= 4 is 6.09 Å². The maximum Gasteiger partial charge on any atom is 0.412 e. The molecule has 2 atom stereocenters. The third kappa shape index (κ3) is 20.8. The Hall–Kier alpha value is -0.810. The number of unbranched alkanes of at least 4 members (excludes halogenated alkanes) is 24. The van der Waals surface area contributed by atoms with Crippen molar-refractivity contribution in [3.05, 3.63) is 0 Å². The number of hydrogen-bond donors (Lipinski definition) is 1. The fourth-order valence-electron chi connectivity index (χ4n) is 6.47. The van der Waals surface area contributed by atoms with Crippen LogP contribution in [0.15, 0.2) is 0 Å². The maximum atomic E-state index is 12.8. The fraction of sp³-hybridized carbons (Fsp3) is 0.974. The minimum atomic E-state index is -0.764. The molecule has 1 N–H and O–H groups in total. The summed E-state index contributed by atoms with van der Waals surface area (Å²) in [6.45, 7) is 12.0. The first-order valence-electron chi connectivity index (χ1n) is 18.9. The highest BCUT2D eigenvalue weighted by Gasteiger charge is 2.48.